The fourth-order valence-corrected chi connectivity index (χ4v) is 14.2. The summed E-state index contributed by atoms with van der Waals surface area (Å²) in [4.78, 5) is 13.8. The predicted octanol–water partition coefficient (Wildman–Crippen LogP) is 17.3. The van der Waals surface area contributed by atoms with E-state index in [4.69, 9.17) is 40.6 Å². The molecule has 0 fully saturated rings. The van der Waals surface area contributed by atoms with Gasteiger partial charge in [0.25, 0.3) is 0 Å². The highest BCUT2D eigenvalue weighted by Crippen LogP contribution is 2.43. The molecule has 0 aliphatic carbocycles. The minimum atomic E-state index is -3.88. The van der Waals surface area contributed by atoms with Crippen LogP contribution in [0.25, 0.3) is 11.6 Å². The highest BCUT2D eigenvalue weighted by Gasteiger charge is 2.34. The fraction of sp³-hybridized carbons (Fsp3) is 0.667. The Balaban J connectivity index is 1.59. The van der Waals surface area contributed by atoms with Crippen LogP contribution in [0, 0.1) is 23.7 Å². The quantitative estimate of drug-likeness (QED) is 0.0349. The number of unbranched alkanes of at least 4 members (excludes halogenated alkanes) is 4. The van der Waals surface area contributed by atoms with Crippen LogP contribution in [-0.4, -0.2) is 109 Å². The number of benzene rings is 2. The van der Waals surface area contributed by atoms with Crippen LogP contribution >= 0.6 is 0 Å². The van der Waals surface area contributed by atoms with Gasteiger partial charge in [0, 0.05) is 71.3 Å². The average Bonchev–Trinajstić information content (AvgIpc) is 1.98. The maximum Gasteiger partial charge on any atom is 0.243 e. The van der Waals surface area contributed by atoms with Crippen LogP contribution in [0.3, 0.4) is 0 Å². The third-order valence-electron chi connectivity index (χ3n) is 16.5. The van der Waals surface area contributed by atoms with Crippen molar-refractivity contribution in [2.75, 3.05) is 64.2 Å². The summed E-state index contributed by atoms with van der Waals surface area (Å²) in [5.41, 5.74) is 2.09. The lowest BCUT2D eigenvalue weighted by Gasteiger charge is -2.30. The highest BCUT2D eigenvalue weighted by atomic mass is 32.2. The Morgan fingerprint density at radius 2 is 0.779 bits per heavy atom. The van der Waals surface area contributed by atoms with E-state index in [2.05, 4.69) is 96.9 Å². The molecule has 0 N–H and O–H groups in total. The number of nitrogens with zero attached hydrogens (tertiary/aromatic N) is 14. The van der Waals surface area contributed by atoms with E-state index in [1.807, 2.05) is 44.1 Å². The predicted molar refractivity (Wildman–Crippen MR) is 354 cm³/mol. The number of azo groups is 2. The maximum absolute atomic E-state index is 14.8. The molecule has 0 saturated carbocycles. The highest BCUT2D eigenvalue weighted by molar-refractivity contribution is 7.89. The minimum Gasteiger partial charge on any atom is -0.361 e. The number of hydrogen-bond acceptors (Lipinski definition) is 14. The molecule has 0 aliphatic heterocycles. The van der Waals surface area contributed by atoms with Crippen molar-refractivity contribution in [3.8, 4) is 11.6 Å². The van der Waals surface area contributed by atoms with Gasteiger partial charge in [0.2, 0.25) is 20.0 Å². The fourth-order valence-electron chi connectivity index (χ4n) is 11.0. The second kappa shape index (κ2) is 32.7. The maximum atomic E-state index is 14.8. The molecule has 0 spiro atoms. The van der Waals surface area contributed by atoms with Crippen LogP contribution in [0.4, 0.5) is 34.4 Å². The van der Waals surface area contributed by atoms with E-state index < -0.39 is 30.9 Å². The minimum absolute atomic E-state index is 0.200. The standard InChI is InChI=1S/C66H108N14O4S2/c1-19-27-33-49(23-5)44-77(45-50(24-6)34-28-20-2)85(81,82)55-39-31-37-53(41-55)69-71-59-61(65(9,10)11)73-79(63(59)75(15)16)57-43-58(68-48-67-57)80-64(76(17)18)60(62(74-80)66(12,13)14)72-70-54-38-32-40-56(42-54)86(83,84)78(46-51(25-7)35-29-21-3)47-52(26-8)36-30-22-4/h31-32,37-43,48-52H,19-30,33-36,44-47H2,1-18H3/b71-69+,72-70+. The first-order valence-electron chi connectivity index (χ1n) is 32.2. The summed E-state index contributed by atoms with van der Waals surface area (Å²) >= 11 is 0. The molecule has 0 radical (unpaired) electrons. The average molecular weight is 1230 g/mol. The third kappa shape index (κ3) is 18.8. The molecule has 0 saturated heterocycles. The van der Waals surface area contributed by atoms with Gasteiger partial charge in [0.15, 0.2) is 34.6 Å². The Hall–Kier alpha value is -5.44. The molecule has 4 unspecified atom stereocenters. The zero-order valence-corrected chi connectivity index (χ0v) is 57.6. The van der Waals surface area contributed by atoms with E-state index in [1.165, 1.54) is 6.33 Å². The van der Waals surface area contributed by atoms with Gasteiger partial charge in [0.1, 0.15) is 6.33 Å². The van der Waals surface area contributed by atoms with Gasteiger partial charge >= 0.3 is 0 Å². The van der Waals surface area contributed by atoms with Crippen LogP contribution in [0.5, 0.6) is 0 Å². The van der Waals surface area contributed by atoms with Gasteiger partial charge < -0.3 is 9.80 Å². The van der Waals surface area contributed by atoms with Crippen LogP contribution in [-0.2, 0) is 30.9 Å². The molecule has 0 amide bonds. The van der Waals surface area contributed by atoms with Gasteiger partial charge in [-0.1, -0.05) is 186 Å². The molecule has 0 aliphatic rings. The van der Waals surface area contributed by atoms with Crippen molar-refractivity contribution < 1.29 is 16.8 Å². The molecule has 4 atom stereocenters. The SMILES string of the molecule is CCCCC(CC)CN(CC(CC)CCCC)S(=O)(=O)c1cccc(/N=N/c2c(C(C)(C)C)nn(-c3cc(-n4nc(C(C)(C)C)c(/N=N/c5cccc(S(=O)(=O)N(CC(CC)CCCC)CC(CC)CCCC)c5)c4N(C)C)ncn3)c2N(C)C)c1. The van der Waals surface area contributed by atoms with Crippen molar-refractivity contribution in [2.45, 2.75) is 220 Å². The van der Waals surface area contributed by atoms with Crippen LogP contribution in [0.1, 0.15) is 211 Å². The van der Waals surface area contributed by atoms with Gasteiger partial charge in [-0.3, -0.25) is 0 Å². The van der Waals surface area contributed by atoms with E-state index in [0.29, 0.717) is 83.6 Å². The van der Waals surface area contributed by atoms with E-state index >= 15 is 0 Å². The topological polar surface area (TPSA) is 192 Å². The van der Waals surface area contributed by atoms with E-state index in [1.54, 1.807) is 66.5 Å². The zero-order chi connectivity index (χ0) is 63.6. The van der Waals surface area contributed by atoms with Crippen molar-refractivity contribution in [1.29, 1.82) is 0 Å². The van der Waals surface area contributed by atoms with Gasteiger partial charge in [-0.25, -0.2) is 26.8 Å². The molecule has 86 heavy (non-hydrogen) atoms. The Kier molecular flexibility index (Phi) is 27.1. The lowest BCUT2D eigenvalue weighted by Crippen LogP contribution is -2.39. The van der Waals surface area contributed by atoms with Crippen molar-refractivity contribution in [3.05, 3.63) is 72.3 Å². The van der Waals surface area contributed by atoms with E-state index in [0.717, 1.165) is 103 Å². The summed E-state index contributed by atoms with van der Waals surface area (Å²) in [6, 6.07) is 15.5. The molecule has 5 aromatic rings. The molecule has 3 heterocycles. The number of hydrogen-bond donors (Lipinski definition) is 0. The zero-order valence-electron chi connectivity index (χ0n) is 55.9. The lowest BCUT2D eigenvalue weighted by atomic mass is 9.91. The van der Waals surface area contributed by atoms with Crippen molar-refractivity contribution in [2.24, 2.45) is 44.1 Å². The number of aromatic nitrogens is 6. The molecule has 5 rings (SSSR count). The van der Waals surface area contributed by atoms with Crippen LogP contribution in [0.2, 0.25) is 0 Å². The summed E-state index contributed by atoms with van der Waals surface area (Å²) in [6.07, 6.45) is 17.7. The van der Waals surface area contributed by atoms with E-state index in [-0.39, 0.29) is 33.5 Å². The van der Waals surface area contributed by atoms with Crippen LogP contribution in [0.15, 0.2) is 91.2 Å². The first kappa shape index (κ1) is 71.3. The molecule has 20 heteroatoms. The molecule has 18 nitrogen and oxygen atoms in total. The Labute approximate surface area is 519 Å². The summed E-state index contributed by atoms with van der Waals surface area (Å²) in [6.45, 7) is 31.7. The molecule has 3 aromatic heterocycles. The second-order valence-electron chi connectivity index (χ2n) is 26.1. The summed E-state index contributed by atoms with van der Waals surface area (Å²) in [5, 5.41) is 29.8. The second-order valence-corrected chi connectivity index (χ2v) is 30.0. The Bertz CT molecular complexity index is 2950. The molecule has 478 valence electrons. The number of rotatable bonds is 36. The van der Waals surface area contributed by atoms with Crippen LogP contribution < -0.4 is 9.80 Å². The lowest BCUT2D eigenvalue weighted by molar-refractivity contribution is 0.270. The van der Waals surface area contributed by atoms with Gasteiger partial charge in [-0.15, -0.1) is 10.2 Å². The number of anilines is 2. The smallest absolute Gasteiger partial charge is 0.243 e. The summed E-state index contributed by atoms with van der Waals surface area (Å²) < 4.78 is 66.2. The Morgan fingerprint density at radius 1 is 0.465 bits per heavy atom. The van der Waals surface area contributed by atoms with Gasteiger partial charge in [-0.05, 0) is 85.8 Å². The monoisotopic (exact) mass is 1220 g/mol. The normalized spacial score (nSPS) is 14.3. The van der Waals surface area contributed by atoms with Crippen molar-refractivity contribution >= 4 is 54.4 Å². The summed E-state index contributed by atoms with van der Waals surface area (Å²) in [7, 11) is -0.121. The first-order valence-corrected chi connectivity index (χ1v) is 35.1. The third-order valence-corrected chi connectivity index (χ3v) is 20.1. The van der Waals surface area contributed by atoms with Crippen molar-refractivity contribution in [3.63, 3.8) is 0 Å². The number of sulfonamides is 2. The van der Waals surface area contributed by atoms with E-state index in [9.17, 15) is 16.8 Å². The van der Waals surface area contributed by atoms with Crippen molar-refractivity contribution in [1.82, 2.24) is 38.1 Å². The largest absolute Gasteiger partial charge is 0.361 e. The first-order chi connectivity index (χ1) is 40.7. The molecule has 0 bridgehead atoms. The summed E-state index contributed by atoms with van der Waals surface area (Å²) in [5.74, 6) is 3.14. The molecule has 2 aromatic carbocycles. The van der Waals surface area contributed by atoms with Gasteiger partial charge in [-0.2, -0.15) is 38.4 Å². The Morgan fingerprint density at radius 3 is 1.05 bits per heavy atom. The molecular weight excluding hydrogens is 1120 g/mol. The molecular formula is C66H108N14O4S2. The van der Waals surface area contributed by atoms with Gasteiger partial charge in [0.05, 0.1) is 32.6 Å².